The number of nitrogens with one attached hydrogen (secondary N) is 2. The van der Waals surface area contributed by atoms with Crippen LogP contribution in [0.5, 0.6) is 0 Å². The summed E-state index contributed by atoms with van der Waals surface area (Å²) >= 11 is 0. The van der Waals surface area contributed by atoms with E-state index in [1.807, 2.05) is 12.1 Å². The second-order valence-electron chi connectivity index (χ2n) is 7.07. The fourth-order valence-electron chi connectivity index (χ4n) is 2.43. The molecule has 0 unspecified atom stereocenters. The number of esters is 1. The number of hydrogen-bond donors (Lipinski definition) is 2. The Morgan fingerprint density at radius 3 is 2.47 bits per heavy atom. The first-order chi connectivity index (χ1) is 14.2. The summed E-state index contributed by atoms with van der Waals surface area (Å²) in [6, 6.07) is 14.7. The Labute approximate surface area is 173 Å². The predicted molar refractivity (Wildman–Crippen MR) is 110 cm³/mol. The van der Waals surface area contributed by atoms with Gasteiger partial charge in [-0.25, -0.2) is 4.79 Å². The average Bonchev–Trinajstić information content (AvgIpc) is 2.72. The zero-order valence-corrected chi connectivity index (χ0v) is 16.8. The summed E-state index contributed by atoms with van der Waals surface area (Å²) in [7, 11) is 0. The van der Waals surface area contributed by atoms with E-state index in [2.05, 4.69) is 10.6 Å². The van der Waals surface area contributed by atoms with Crippen LogP contribution in [0.25, 0.3) is 0 Å². The maximum atomic E-state index is 12.3. The smallest absolute Gasteiger partial charge is 0.338 e. The van der Waals surface area contributed by atoms with Crippen LogP contribution in [0.3, 0.4) is 0 Å². The molecule has 0 fully saturated rings. The van der Waals surface area contributed by atoms with Crippen molar-refractivity contribution >= 4 is 28.9 Å². The highest BCUT2D eigenvalue weighted by Crippen LogP contribution is 2.29. The van der Waals surface area contributed by atoms with Crippen molar-refractivity contribution in [3.63, 3.8) is 0 Å². The Morgan fingerprint density at radius 1 is 1.23 bits per heavy atom. The molecule has 0 aliphatic rings. The number of rotatable bonds is 8. The molecule has 2 N–H and O–H groups in total. The SMILES string of the molecule is CC(C)[C@@](C)(C#N)NC(=O)COC(=O)c1ccc(Nc2ccccc2)c([N+](=O)[O-])c1. The first-order valence-corrected chi connectivity index (χ1v) is 9.16. The number of nitriles is 1. The highest BCUT2D eigenvalue weighted by atomic mass is 16.6. The molecule has 1 amide bonds. The lowest BCUT2D eigenvalue weighted by Gasteiger charge is -2.27. The van der Waals surface area contributed by atoms with E-state index in [4.69, 9.17) is 4.74 Å². The van der Waals surface area contributed by atoms with Gasteiger partial charge in [0.05, 0.1) is 16.6 Å². The summed E-state index contributed by atoms with van der Waals surface area (Å²) in [6.45, 7) is 4.51. The standard InChI is InChI=1S/C21H22N4O5/c1-14(2)21(3,13-22)24-19(26)12-30-20(27)15-9-10-17(18(11-15)25(28)29)23-16-7-5-4-6-8-16/h4-11,14,23H,12H2,1-3H3,(H,24,26)/t21-/m1/s1. The largest absolute Gasteiger partial charge is 0.452 e. The number of benzene rings is 2. The molecule has 0 heterocycles. The Morgan fingerprint density at radius 2 is 1.90 bits per heavy atom. The number of anilines is 2. The highest BCUT2D eigenvalue weighted by Gasteiger charge is 2.30. The van der Waals surface area contributed by atoms with Crippen molar-refractivity contribution in [1.29, 1.82) is 5.26 Å². The van der Waals surface area contributed by atoms with Gasteiger partial charge in [0, 0.05) is 11.8 Å². The van der Waals surface area contributed by atoms with Gasteiger partial charge in [-0.3, -0.25) is 14.9 Å². The lowest BCUT2D eigenvalue weighted by Crippen LogP contribution is -2.50. The van der Waals surface area contributed by atoms with Crippen LogP contribution in [-0.2, 0) is 9.53 Å². The second-order valence-corrected chi connectivity index (χ2v) is 7.07. The molecule has 0 saturated heterocycles. The van der Waals surface area contributed by atoms with Gasteiger partial charge < -0.3 is 15.4 Å². The van der Waals surface area contributed by atoms with E-state index in [0.29, 0.717) is 5.69 Å². The van der Waals surface area contributed by atoms with Gasteiger partial charge in [-0.2, -0.15) is 5.26 Å². The Balaban J connectivity index is 2.09. The number of nitro benzene ring substituents is 1. The molecular weight excluding hydrogens is 388 g/mol. The number of nitro groups is 1. The summed E-state index contributed by atoms with van der Waals surface area (Å²) in [4.78, 5) is 35.1. The summed E-state index contributed by atoms with van der Waals surface area (Å²) in [5.41, 5.74) is -0.623. The third-order valence-electron chi connectivity index (χ3n) is 4.60. The maximum Gasteiger partial charge on any atom is 0.338 e. The van der Waals surface area contributed by atoms with Crippen LogP contribution in [0, 0.1) is 27.4 Å². The van der Waals surface area contributed by atoms with Gasteiger partial charge in [-0.15, -0.1) is 0 Å². The second kappa shape index (κ2) is 9.52. The molecular formula is C21H22N4O5. The number of ether oxygens (including phenoxy) is 1. The van der Waals surface area contributed by atoms with Gasteiger partial charge in [0.25, 0.3) is 11.6 Å². The first kappa shape index (κ1) is 22.4. The van der Waals surface area contributed by atoms with Gasteiger partial charge in [-0.05, 0) is 37.1 Å². The van der Waals surface area contributed by atoms with E-state index in [9.17, 15) is 25.0 Å². The van der Waals surface area contributed by atoms with E-state index >= 15 is 0 Å². The van der Waals surface area contributed by atoms with Crippen molar-refractivity contribution in [1.82, 2.24) is 5.32 Å². The number of para-hydroxylation sites is 1. The van der Waals surface area contributed by atoms with E-state index < -0.39 is 28.9 Å². The minimum Gasteiger partial charge on any atom is -0.452 e. The minimum absolute atomic E-state index is 0.0694. The molecule has 2 aromatic rings. The maximum absolute atomic E-state index is 12.3. The molecule has 9 heteroatoms. The highest BCUT2D eigenvalue weighted by molar-refractivity contribution is 5.93. The van der Waals surface area contributed by atoms with Crippen LogP contribution in [0.2, 0.25) is 0 Å². The minimum atomic E-state index is -1.10. The van der Waals surface area contributed by atoms with Gasteiger partial charge in [-0.1, -0.05) is 32.0 Å². The molecule has 0 aliphatic heterocycles. The summed E-state index contributed by atoms with van der Waals surface area (Å²) < 4.78 is 4.95. The number of amides is 1. The van der Waals surface area contributed by atoms with Crippen molar-refractivity contribution in [2.45, 2.75) is 26.3 Å². The lowest BCUT2D eigenvalue weighted by atomic mass is 9.90. The van der Waals surface area contributed by atoms with Crippen LogP contribution in [0.15, 0.2) is 48.5 Å². The molecule has 0 aromatic heterocycles. The van der Waals surface area contributed by atoms with Gasteiger partial charge >= 0.3 is 5.97 Å². The summed E-state index contributed by atoms with van der Waals surface area (Å²) in [6.07, 6.45) is 0. The fourth-order valence-corrected chi connectivity index (χ4v) is 2.43. The molecule has 0 bridgehead atoms. The van der Waals surface area contributed by atoms with Crippen molar-refractivity contribution < 1.29 is 19.2 Å². The molecule has 1 atom stereocenters. The molecule has 0 spiro atoms. The number of nitrogens with zero attached hydrogens (tertiary/aromatic N) is 2. The third kappa shape index (κ3) is 5.54. The van der Waals surface area contributed by atoms with Crippen LogP contribution >= 0.6 is 0 Å². The Hall–Kier alpha value is -3.93. The molecule has 0 saturated carbocycles. The molecule has 30 heavy (non-hydrogen) atoms. The van der Waals surface area contributed by atoms with E-state index in [1.54, 1.807) is 45.0 Å². The fraction of sp³-hybridized carbons (Fsp3) is 0.286. The predicted octanol–water partition coefficient (Wildman–Crippen LogP) is 3.55. The topological polar surface area (TPSA) is 134 Å². The van der Waals surface area contributed by atoms with E-state index in [1.165, 1.54) is 12.1 Å². The van der Waals surface area contributed by atoms with Crippen molar-refractivity contribution in [2.75, 3.05) is 11.9 Å². The molecule has 156 valence electrons. The number of carbonyl (C=O) groups excluding carboxylic acids is 2. The van der Waals surface area contributed by atoms with Gasteiger partial charge in [0.1, 0.15) is 11.2 Å². The van der Waals surface area contributed by atoms with E-state index in [0.717, 1.165) is 6.07 Å². The molecule has 2 aromatic carbocycles. The number of hydrogen-bond acceptors (Lipinski definition) is 7. The van der Waals surface area contributed by atoms with Crippen LogP contribution in [0.1, 0.15) is 31.1 Å². The van der Waals surface area contributed by atoms with Crippen molar-refractivity contribution in [3.8, 4) is 6.07 Å². The zero-order valence-electron chi connectivity index (χ0n) is 16.8. The van der Waals surface area contributed by atoms with Crippen molar-refractivity contribution in [2.24, 2.45) is 5.92 Å². The summed E-state index contributed by atoms with van der Waals surface area (Å²) in [5.74, 6) is -1.69. The summed E-state index contributed by atoms with van der Waals surface area (Å²) in [5, 5.41) is 26.1. The first-order valence-electron chi connectivity index (χ1n) is 9.16. The van der Waals surface area contributed by atoms with Crippen LogP contribution in [0.4, 0.5) is 17.1 Å². The van der Waals surface area contributed by atoms with Gasteiger partial charge in [0.2, 0.25) is 0 Å². The normalized spacial score (nSPS) is 12.4. The molecule has 9 nitrogen and oxygen atoms in total. The monoisotopic (exact) mass is 410 g/mol. The lowest BCUT2D eigenvalue weighted by molar-refractivity contribution is -0.383. The average molecular weight is 410 g/mol. The van der Waals surface area contributed by atoms with Crippen LogP contribution < -0.4 is 10.6 Å². The third-order valence-corrected chi connectivity index (χ3v) is 4.60. The number of carbonyl (C=O) groups is 2. The molecule has 2 rings (SSSR count). The molecule has 0 aliphatic carbocycles. The quantitative estimate of drug-likeness (QED) is 0.386. The Bertz CT molecular complexity index is 985. The van der Waals surface area contributed by atoms with Crippen LogP contribution in [-0.4, -0.2) is 28.9 Å². The zero-order chi connectivity index (χ0) is 22.3. The molecule has 0 radical (unpaired) electrons. The Kier molecular flexibility index (Phi) is 7.09. The van der Waals surface area contributed by atoms with Gasteiger partial charge in [0.15, 0.2) is 6.61 Å². The van der Waals surface area contributed by atoms with Crippen molar-refractivity contribution in [3.05, 3.63) is 64.2 Å². The van der Waals surface area contributed by atoms with E-state index in [-0.39, 0.29) is 22.9 Å².